The van der Waals surface area contributed by atoms with Crippen molar-refractivity contribution in [2.45, 2.75) is 263 Å². The van der Waals surface area contributed by atoms with Crippen LogP contribution in [0.5, 0.6) is 0 Å². The van der Waals surface area contributed by atoms with Crippen molar-refractivity contribution in [2.24, 2.45) is 23.5 Å². The molecule has 9 unspecified atom stereocenters. The molecule has 7 N–H and O–H groups in total. The fourth-order valence-corrected chi connectivity index (χ4v) is 21.2. The molecule has 0 radical (unpaired) electrons. The lowest BCUT2D eigenvalue weighted by Crippen LogP contribution is -2.70. The molecule has 88 heavy (non-hydrogen) atoms. The van der Waals surface area contributed by atoms with Crippen molar-refractivity contribution in [2.75, 3.05) is 5.88 Å². The Balaban J connectivity index is 0.000000107. The number of carbonyl (C=O) groups excluding carboxylic acids is 4. The maximum atomic E-state index is 13.6. The molecule has 3 aromatic carbocycles. The van der Waals surface area contributed by atoms with Crippen LogP contribution in [0.3, 0.4) is 0 Å². The van der Waals surface area contributed by atoms with E-state index in [1.807, 2.05) is 0 Å². The van der Waals surface area contributed by atoms with Gasteiger partial charge in [0.05, 0.1) is 5.60 Å². The van der Waals surface area contributed by atoms with E-state index in [1.165, 1.54) is 124 Å². The number of carbonyl (C=O) groups is 4. The van der Waals surface area contributed by atoms with Gasteiger partial charge in [0.15, 0.2) is 0 Å². The molecule has 9 heterocycles. The highest BCUT2D eigenvalue weighted by Gasteiger charge is 2.58. The number of halogens is 1. The minimum Gasteiger partial charge on any atom is -0.390 e. The summed E-state index contributed by atoms with van der Waals surface area (Å²) in [6.07, 6.45) is 31.1. The Labute approximate surface area is 523 Å². The van der Waals surface area contributed by atoms with Gasteiger partial charge >= 0.3 is 0 Å². The number of hydrogen-bond acceptors (Lipinski definition) is 6. The van der Waals surface area contributed by atoms with Crippen LogP contribution < -0.4 is 11.1 Å². The van der Waals surface area contributed by atoms with E-state index in [2.05, 4.69) is 129 Å². The van der Waals surface area contributed by atoms with Gasteiger partial charge in [-0.25, -0.2) is 0 Å². The molecule has 15 aliphatic rings. The van der Waals surface area contributed by atoms with Gasteiger partial charge in [-0.2, -0.15) is 0 Å². The van der Waals surface area contributed by atoms with E-state index in [-0.39, 0.29) is 70.7 Å². The molecular weight excluding hydrogens is 1120 g/mol. The van der Waals surface area contributed by atoms with Crippen molar-refractivity contribution >= 4 is 67.9 Å². The summed E-state index contributed by atoms with van der Waals surface area (Å²) < 4.78 is 0. The smallest absolute Gasteiger partial charge is 0.235 e. The zero-order chi connectivity index (χ0) is 60.1. The normalized spacial score (nSPS) is 33.8. The van der Waals surface area contributed by atoms with E-state index in [9.17, 15) is 24.3 Å². The molecule has 21 rings (SSSR count). The first-order chi connectivity index (χ1) is 42.5. The molecule has 6 aliphatic heterocycles. The van der Waals surface area contributed by atoms with Crippen LogP contribution in [0.1, 0.15) is 244 Å². The largest absolute Gasteiger partial charge is 0.390 e. The Morgan fingerprint density at radius 3 is 1.19 bits per heavy atom. The van der Waals surface area contributed by atoms with Crippen LogP contribution in [-0.4, -0.2) is 117 Å². The van der Waals surface area contributed by atoms with Gasteiger partial charge in [-0.3, -0.25) is 19.2 Å². The standard InChI is InChI=1S/C26H32ClN3O2.C24H31N3O.C24H30N2O2/c1-15(21-14-28-22-4-2-3-20(25(21)22)17-5-6-17)7-24(32)30-18-8-16-9-19(30)12-26(10-16,11-18)29-23(31)13-27;1-14(20-13-26-21-4-2-3-19(23(20)21)16-5-6-16)7-22(28)27-17-8-15-9-18(27)12-24(25,10-15)11-17;1-14(20-13-25-21-4-2-3-19(23(20)21)16-5-6-16)7-22(27)26-17-8-15-9-18(26)12-24(28,10-15)11-17/h2-4,14-19,28H,5-13H2,1H3,(H,29,31);2-4,13-18,26H,5-12,25H2,1H3;2-4,13-18,25,28H,5-12H2,1H3. The van der Waals surface area contributed by atoms with E-state index in [0.29, 0.717) is 66.8 Å². The van der Waals surface area contributed by atoms with E-state index in [0.717, 1.165) is 88.9 Å². The lowest BCUT2D eigenvalue weighted by atomic mass is 9.59. The molecule has 4 amide bonds. The first-order valence-corrected chi connectivity index (χ1v) is 35.1. The molecule has 9 atom stereocenters. The minimum absolute atomic E-state index is 0.00883. The van der Waals surface area contributed by atoms with Gasteiger partial charge in [0.2, 0.25) is 23.6 Å². The molecule has 466 valence electrons. The average Bonchev–Trinajstić information content (AvgIpc) is 1.28. The molecule has 0 spiro atoms. The number of hydrogen-bond donors (Lipinski definition) is 6. The Kier molecular flexibility index (Phi) is 14.2. The maximum absolute atomic E-state index is 13.6. The highest BCUT2D eigenvalue weighted by atomic mass is 35.5. The van der Waals surface area contributed by atoms with Crippen molar-refractivity contribution in [1.82, 2.24) is 35.0 Å². The third-order valence-electron chi connectivity index (χ3n) is 24.6. The fraction of sp³-hybridized carbons (Fsp3) is 0.622. The maximum Gasteiger partial charge on any atom is 0.235 e. The Morgan fingerprint density at radius 2 is 0.852 bits per heavy atom. The van der Waals surface area contributed by atoms with Crippen LogP contribution in [0.4, 0.5) is 0 Å². The highest BCUT2D eigenvalue weighted by Crippen LogP contribution is 2.56. The van der Waals surface area contributed by atoms with E-state index in [1.54, 1.807) is 0 Å². The Bertz CT molecular complexity index is 3520. The molecule has 6 aromatic rings. The molecule has 15 fully saturated rings. The van der Waals surface area contributed by atoms with Gasteiger partial charge in [0.25, 0.3) is 0 Å². The second kappa shape index (κ2) is 21.8. The number of rotatable bonds is 14. The summed E-state index contributed by atoms with van der Waals surface area (Å²) in [4.78, 5) is 69.4. The van der Waals surface area contributed by atoms with Crippen molar-refractivity contribution in [3.05, 3.63) is 107 Å². The first-order valence-electron chi connectivity index (χ1n) is 34.6. The van der Waals surface area contributed by atoms with Crippen LogP contribution in [0, 0.1) is 17.8 Å². The van der Waals surface area contributed by atoms with Crippen molar-refractivity contribution < 1.29 is 24.3 Å². The SMILES string of the molecule is CC(CC(=O)N1C2CC3CC1CC(N)(C3)C2)c1c[nH]c2cccc(C3CC3)c12.CC(CC(=O)N1C2CC3CC1CC(NC(=O)CCl)(C3)C2)c1c[nH]c2cccc(C3CC3)c12.CC(CC(=O)N1C2CC3CC1CC(O)(C3)C2)c1c[nH]c2cccc(C3CC3)c12. The molecule has 9 saturated carbocycles. The van der Waals surface area contributed by atoms with Gasteiger partial charge in [0.1, 0.15) is 5.88 Å². The van der Waals surface area contributed by atoms with Gasteiger partial charge in [-0.15, -0.1) is 11.6 Å². The lowest BCUT2D eigenvalue weighted by Gasteiger charge is -2.61. The number of amides is 4. The summed E-state index contributed by atoms with van der Waals surface area (Å²) in [6, 6.07) is 21.6. The third-order valence-corrected chi connectivity index (χ3v) is 24.8. The quantitative estimate of drug-likeness (QED) is 0.0590. The van der Waals surface area contributed by atoms with Crippen LogP contribution in [0.25, 0.3) is 32.7 Å². The zero-order valence-corrected chi connectivity index (χ0v) is 52.9. The monoisotopic (exact) mass is 1210 g/mol. The topological polar surface area (TPSA) is 184 Å². The summed E-state index contributed by atoms with van der Waals surface area (Å²) in [5, 5.41) is 18.1. The van der Waals surface area contributed by atoms with Crippen LogP contribution in [-0.2, 0) is 19.2 Å². The molecule has 3 aromatic heterocycles. The van der Waals surface area contributed by atoms with E-state index in [4.69, 9.17) is 17.3 Å². The molecule has 6 saturated heterocycles. The fourth-order valence-electron chi connectivity index (χ4n) is 21.1. The van der Waals surface area contributed by atoms with Gasteiger partial charge in [0, 0.05) is 118 Å². The first kappa shape index (κ1) is 57.5. The minimum atomic E-state index is -0.491. The van der Waals surface area contributed by atoms with Crippen molar-refractivity contribution in [1.29, 1.82) is 0 Å². The number of benzene rings is 3. The van der Waals surface area contributed by atoms with Gasteiger partial charge in [-0.1, -0.05) is 57.2 Å². The number of aromatic amines is 3. The molecular formula is C74H93ClN8O5. The number of H-pyrrole nitrogens is 3. The number of piperidine rings is 6. The summed E-state index contributed by atoms with van der Waals surface area (Å²) in [5.74, 6) is 5.58. The predicted molar refractivity (Wildman–Crippen MR) is 346 cm³/mol. The lowest BCUT2D eigenvalue weighted by molar-refractivity contribution is -0.175. The van der Waals surface area contributed by atoms with Crippen molar-refractivity contribution in [3.63, 3.8) is 0 Å². The summed E-state index contributed by atoms with van der Waals surface area (Å²) in [7, 11) is 0. The van der Waals surface area contributed by atoms with E-state index >= 15 is 0 Å². The number of nitrogens with two attached hydrogens (primary N) is 1. The van der Waals surface area contributed by atoms with E-state index < -0.39 is 5.60 Å². The number of aliphatic hydroxyl groups is 1. The number of alkyl halides is 1. The highest BCUT2D eigenvalue weighted by molar-refractivity contribution is 6.27. The molecule has 14 heteroatoms. The van der Waals surface area contributed by atoms with Crippen LogP contribution in [0.2, 0.25) is 0 Å². The van der Waals surface area contributed by atoms with Crippen molar-refractivity contribution in [3.8, 4) is 0 Å². The zero-order valence-electron chi connectivity index (χ0n) is 52.1. The summed E-state index contributed by atoms with van der Waals surface area (Å²) in [6.45, 7) is 6.63. The molecule has 13 nitrogen and oxygen atoms in total. The Morgan fingerprint density at radius 1 is 0.511 bits per heavy atom. The summed E-state index contributed by atoms with van der Waals surface area (Å²) in [5.41, 5.74) is 17.9. The number of aromatic nitrogens is 3. The van der Waals surface area contributed by atoms with Gasteiger partial charge < -0.3 is 45.8 Å². The number of nitrogens with one attached hydrogen (secondary N) is 4. The number of fused-ring (bicyclic) bond motifs is 3. The average molecular weight is 1210 g/mol. The summed E-state index contributed by atoms with van der Waals surface area (Å²) >= 11 is 5.77. The second-order valence-electron chi connectivity index (χ2n) is 31.4. The second-order valence-corrected chi connectivity index (χ2v) is 31.7. The van der Waals surface area contributed by atoms with Crippen LogP contribution in [0.15, 0.2) is 73.2 Å². The molecule has 9 aliphatic carbocycles. The third kappa shape index (κ3) is 10.4. The number of nitrogens with zero attached hydrogens (tertiary/aromatic N) is 3. The van der Waals surface area contributed by atoms with Crippen LogP contribution >= 0.6 is 11.6 Å². The molecule has 12 bridgehead atoms. The predicted octanol–water partition coefficient (Wildman–Crippen LogP) is 13.7. The van der Waals surface area contributed by atoms with Gasteiger partial charge in [-0.05, 0) is 240 Å². The Hall–Kier alpha value is -5.63.